The first-order valence-electron chi connectivity index (χ1n) is 8.80. The van der Waals surface area contributed by atoms with Gasteiger partial charge in [-0.3, -0.25) is 4.98 Å². The van der Waals surface area contributed by atoms with E-state index in [2.05, 4.69) is 17.1 Å². The van der Waals surface area contributed by atoms with Crippen LogP contribution in [-0.2, 0) is 13.2 Å². The van der Waals surface area contributed by atoms with Crippen molar-refractivity contribution in [2.24, 2.45) is 0 Å². The maximum absolute atomic E-state index is 9.02. The van der Waals surface area contributed by atoms with Crippen molar-refractivity contribution >= 4 is 0 Å². The Morgan fingerprint density at radius 3 is 2.36 bits per heavy atom. The minimum Gasteiger partial charge on any atom is -0.489 e. The van der Waals surface area contributed by atoms with Crippen molar-refractivity contribution in [3.05, 3.63) is 88.2 Å². The van der Waals surface area contributed by atoms with Gasteiger partial charge in [-0.05, 0) is 55.8 Å². The van der Waals surface area contributed by atoms with E-state index in [0.29, 0.717) is 30.1 Å². The fraction of sp³-hybridized carbons (Fsp3) is 0.174. The van der Waals surface area contributed by atoms with Gasteiger partial charge in [-0.15, -0.1) is 0 Å². The molecule has 3 aromatic rings. The van der Waals surface area contributed by atoms with E-state index in [0.717, 1.165) is 28.1 Å². The van der Waals surface area contributed by atoms with Crippen LogP contribution in [-0.4, -0.2) is 4.98 Å². The summed E-state index contributed by atoms with van der Waals surface area (Å²) in [6.07, 6.45) is 1.79. The second-order valence-corrected chi connectivity index (χ2v) is 6.35. The number of hydrogen-bond acceptors (Lipinski definition) is 5. The molecule has 0 spiro atoms. The highest BCUT2D eigenvalue weighted by molar-refractivity contribution is 5.41. The molecule has 0 radical (unpaired) electrons. The first-order valence-corrected chi connectivity index (χ1v) is 8.80. The van der Waals surface area contributed by atoms with E-state index in [4.69, 9.17) is 20.0 Å². The van der Waals surface area contributed by atoms with Crippen molar-refractivity contribution in [3.63, 3.8) is 0 Å². The van der Waals surface area contributed by atoms with Gasteiger partial charge in [0.05, 0.1) is 29.0 Å². The molecular formula is C23H19N3O2. The predicted molar refractivity (Wildman–Crippen MR) is 105 cm³/mol. The summed E-state index contributed by atoms with van der Waals surface area (Å²) in [5, 5.41) is 17.9. The van der Waals surface area contributed by atoms with Gasteiger partial charge in [-0.2, -0.15) is 10.5 Å². The molecule has 0 fully saturated rings. The van der Waals surface area contributed by atoms with Crippen LogP contribution in [0.4, 0.5) is 0 Å². The smallest absolute Gasteiger partial charge is 0.144 e. The summed E-state index contributed by atoms with van der Waals surface area (Å²) in [5.74, 6) is 1.41. The van der Waals surface area contributed by atoms with Crippen LogP contribution in [0.5, 0.6) is 11.5 Å². The van der Waals surface area contributed by atoms with Gasteiger partial charge < -0.3 is 9.47 Å². The van der Waals surface area contributed by atoms with Crippen LogP contribution in [0.1, 0.15) is 33.5 Å². The van der Waals surface area contributed by atoms with E-state index in [-0.39, 0.29) is 0 Å². The zero-order valence-corrected chi connectivity index (χ0v) is 15.8. The minimum atomic E-state index is 0.352. The molecule has 5 heteroatoms. The third-order valence-corrected chi connectivity index (χ3v) is 4.38. The van der Waals surface area contributed by atoms with E-state index < -0.39 is 0 Å². The molecule has 28 heavy (non-hydrogen) atoms. The quantitative estimate of drug-likeness (QED) is 0.634. The van der Waals surface area contributed by atoms with Crippen molar-refractivity contribution in [2.75, 3.05) is 0 Å². The van der Waals surface area contributed by atoms with E-state index in [1.807, 2.05) is 32.0 Å². The molecule has 0 unspecified atom stereocenters. The highest BCUT2D eigenvalue weighted by Gasteiger charge is 2.11. The summed E-state index contributed by atoms with van der Waals surface area (Å²) in [6.45, 7) is 4.59. The average molecular weight is 369 g/mol. The van der Waals surface area contributed by atoms with Gasteiger partial charge in [-0.25, -0.2) is 0 Å². The molecular weight excluding hydrogens is 350 g/mol. The summed E-state index contributed by atoms with van der Waals surface area (Å²) in [6, 6.07) is 18.6. The Bertz CT molecular complexity index is 1060. The largest absolute Gasteiger partial charge is 0.489 e. The fourth-order valence-corrected chi connectivity index (χ4v) is 2.78. The Kier molecular flexibility index (Phi) is 5.89. The first kappa shape index (κ1) is 18.9. The Labute approximate surface area is 164 Å². The standard InChI is InChI=1S/C23H19N3O2/c1-16-21(15-27-22-8-6-18(11-24)7-9-22)13-26-17(2)23(16)28-14-20-5-3-4-19(10-20)12-25/h3-10,13H,14-15H2,1-2H3. The van der Waals surface area contributed by atoms with Crippen molar-refractivity contribution < 1.29 is 9.47 Å². The lowest BCUT2D eigenvalue weighted by Crippen LogP contribution is -2.05. The van der Waals surface area contributed by atoms with Crippen LogP contribution in [0, 0.1) is 36.5 Å². The van der Waals surface area contributed by atoms with E-state index in [1.165, 1.54) is 0 Å². The molecule has 5 nitrogen and oxygen atoms in total. The topological polar surface area (TPSA) is 78.9 Å². The Morgan fingerprint density at radius 2 is 1.64 bits per heavy atom. The normalized spacial score (nSPS) is 10.0. The molecule has 0 saturated carbocycles. The number of hydrogen-bond donors (Lipinski definition) is 0. The van der Waals surface area contributed by atoms with Crippen LogP contribution in [0.25, 0.3) is 0 Å². The van der Waals surface area contributed by atoms with Crippen LogP contribution in [0.15, 0.2) is 54.7 Å². The average Bonchev–Trinajstić information content (AvgIpc) is 2.73. The highest BCUT2D eigenvalue weighted by Crippen LogP contribution is 2.26. The molecule has 0 N–H and O–H groups in total. The Morgan fingerprint density at radius 1 is 0.893 bits per heavy atom. The number of nitrogens with zero attached hydrogens (tertiary/aromatic N) is 3. The Hall–Kier alpha value is -3.83. The Balaban J connectivity index is 1.72. The molecule has 1 heterocycles. The number of aromatic nitrogens is 1. The molecule has 2 aromatic carbocycles. The maximum atomic E-state index is 9.02. The molecule has 0 aliphatic carbocycles. The number of benzene rings is 2. The number of rotatable bonds is 6. The minimum absolute atomic E-state index is 0.352. The van der Waals surface area contributed by atoms with Gasteiger partial charge in [0.1, 0.15) is 24.7 Å². The van der Waals surface area contributed by atoms with E-state index >= 15 is 0 Å². The molecule has 0 atom stereocenters. The van der Waals surface area contributed by atoms with Crippen molar-refractivity contribution in [1.82, 2.24) is 4.98 Å². The number of ether oxygens (including phenoxy) is 2. The fourth-order valence-electron chi connectivity index (χ4n) is 2.78. The van der Waals surface area contributed by atoms with Crippen molar-refractivity contribution in [1.29, 1.82) is 10.5 Å². The lowest BCUT2D eigenvalue weighted by molar-refractivity contribution is 0.290. The molecule has 0 saturated heterocycles. The summed E-state index contributed by atoms with van der Waals surface area (Å²) in [7, 11) is 0. The van der Waals surface area contributed by atoms with E-state index in [1.54, 1.807) is 36.5 Å². The molecule has 0 bridgehead atoms. The van der Waals surface area contributed by atoms with Crippen LogP contribution >= 0.6 is 0 Å². The lowest BCUT2D eigenvalue weighted by atomic mass is 10.1. The number of aryl methyl sites for hydroxylation is 1. The molecule has 0 aliphatic rings. The predicted octanol–water partition coefficient (Wildman–Crippen LogP) is 4.60. The van der Waals surface area contributed by atoms with Crippen LogP contribution in [0.2, 0.25) is 0 Å². The van der Waals surface area contributed by atoms with Gasteiger partial charge in [0.2, 0.25) is 0 Å². The van der Waals surface area contributed by atoms with Crippen molar-refractivity contribution in [3.8, 4) is 23.6 Å². The highest BCUT2D eigenvalue weighted by atomic mass is 16.5. The molecule has 138 valence electrons. The van der Waals surface area contributed by atoms with Crippen molar-refractivity contribution in [2.45, 2.75) is 27.1 Å². The van der Waals surface area contributed by atoms with Gasteiger partial charge in [0, 0.05) is 17.3 Å². The first-order chi connectivity index (χ1) is 13.6. The second-order valence-electron chi connectivity index (χ2n) is 6.35. The molecule has 0 amide bonds. The van der Waals surface area contributed by atoms with Gasteiger partial charge in [-0.1, -0.05) is 12.1 Å². The number of nitriles is 2. The third-order valence-electron chi connectivity index (χ3n) is 4.38. The summed E-state index contributed by atoms with van der Waals surface area (Å²) < 4.78 is 11.8. The summed E-state index contributed by atoms with van der Waals surface area (Å²) >= 11 is 0. The molecule has 0 aliphatic heterocycles. The molecule has 1 aromatic heterocycles. The van der Waals surface area contributed by atoms with Gasteiger partial charge in [0.25, 0.3) is 0 Å². The monoisotopic (exact) mass is 369 g/mol. The van der Waals surface area contributed by atoms with Crippen LogP contribution in [0.3, 0.4) is 0 Å². The summed E-state index contributed by atoms with van der Waals surface area (Å²) in [4.78, 5) is 4.43. The van der Waals surface area contributed by atoms with E-state index in [9.17, 15) is 0 Å². The third kappa shape index (κ3) is 4.47. The zero-order valence-electron chi connectivity index (χ0n) is 15.8. The zero-order chi connectivity index (χ0) is 19.9. The van der Waals surface area contributed by atoms with Crippen LogP contribution < -0.4 is 9.47 Å². The SMILES string of the molecule is Cc1ncc(COc2ccc(C#N)cc2)c(C)c1OCc1cccc(C#N)c1. The lowest BCUT2D eigenvalue weighted by Gasteiger charge is -2.15. The van der Waals surface area contributed by atoms with Gasteiger partial charge >= 0.3 is 0 Å². The maximum Gasteiger partial charge on any atom is 0.144 e. The number of pyridine rings is 1. The molecule has 3 rings (SSSR count). The second kappa shape index (κ2) is 8.70. The van der Waals surface area contributed by atoms with Gasteiger partial charge in [0.15, 0.2) is 0 Å². The summed E-state index contributed by atoms with van der Waals surface area (Å²) in [5.41, 5.74) is 4.83.